The van der Waals surface area contributed by atoms with Gasteiger partial charge in [-0.3, -0.25) is 9.69 Å². The third-order valence-electron chi connectivity index (χ3n) is 4.11. The van der Waals surface area contributed by atoms with E-state index in [1.807, 2.05) is 6.07 Å². The molecule has 1 aromatic rings. The Bertz CT molecular complexity index is 415. The van der Waals surface area contributed by atoms with Crippen molar-refractivity contribution in [2.75, 3.05) is 32.7 Å². The minimum atomic E-state index is 0.150. The third-order valence-corrected chi connectivity index (χ3v) is 4.11. The molecule has 21 heavy (non-hydrogen) atoms. The molecule has 0 aliphatic carbocycles. The Hall–Kier alpha value is -1.39. The lowest BCUT2D eigenvalue weighted by Gasteiger charge is -2.26. The van der Waals surface area contributed by atoms with E-state index in [1.54, 1.807) is 0 Å². The quantitative estimate of drug-likeness (QED) is 0.711. The van der Waals surface area contributed by atoms with E-state index in [0.29, 0.717) is 12.6 Å². The highest BCUT2D eigenvalue weighted by Gasteiger charge is 2.22. The summed E-state index contributed by atoms with van der Waals surface area (Å²) in [4.78, 5) is 14.3. The molecule has 1 aliphatic heterocycles. The molecule has 1 aromatic carbocycles. The molecular weight excluding hydrogens is 262 g/mol. The average Bonchev–Trinajstić information content (AvgIpc) is 3.04. The minimum Gasteiger partial charge on any atom is -0.355 e. The van der Waals surface area contributed by atoms with E-state index < -0.39 is 0 Å². The highest BCUT2D eigenvalue weighted by atomic mass is 16.2. The first kappa shape index (κ1) is 16.0. The molecule has 1 aliphatic rings. The molecule has 1 atom stereocenters. The normalized spacial score (nSPS) is 18.1. The topological polar surface area (TPSA) is 44.4 Å². The number of carbonyl (C=O) groups is 1. The van der Waals surface area contributed by atoms with Crippen LogP contribution in [0, 0.1) is 0 Å². The Morgan fingerprint density at radius 1 is 1.38 bits per heavy atom. The molecule has 4 nitrogen and oxygen atoms in total. The average molecular weight is 289 g/mol. The van der Waals surface area contributed by atoms with Crippen LogP contribution in [0.5, 0.6) is 0 Å². The van der Waals surface area contributed by atoms with Crippen LogP contribution in [0.15, 0.2) is 30.3 Å². The molecule has 0 spiro atoms. The fourth-order valence-electron chi connectivity index (χ4n) is 2.86. The van der Waals surface area contributed by atoms with Crippen molar-refractivity contribution in [3.05, 3.63) is 35.9 Å². The Labute approximate surface area is 127 Å². The molecule has 0 saturated carbocycles. The smallest absolute Gasteiger partial charge is 0.234 e. The molecule has 1 amide bonds. The summed E-state index contributed by atoms with van der Waals surface area (Å²) in [6.07, 6.45) is 3.16. The maximum Gasteiger partial charge on any atom is 0.234 e. The van der Waals surface area contributed by atoms with Crippen molar-refractivity contribution in [2.45, 2.75) is 32.2 Å². The van der Waals surface area contributed by atoms with Crippen LogP contribution in [-0.2, 0) is 11.2 Å². The fraction of sp³-hybridized carbons (Fsp3) is 0.588. The predicted molar refractivity (Wildman–Crippen MR) is 86.3 cm³/mol. The van der Waals surface area contributed by atoms with Gasteiger partial charge in [0, 0.05) is 19.1 Å². The highest BCUT2D eigenvalue weighted by molar-refractivity contribution is 5.78. The largest absolute Gasteiger partial charge is 0.355 e. The third kappa shape index (κ3) is 5.48. The zero-order valence-corrected chi connectivity index (χ0v) is 13.0. The first-order valence-corrected chi connectivity index (χ1v) is 8.05. The van der Waals surface area contributed by atoms with Crippen LogP contribution >= 0.6 is 0 Å². The Morgan fingerprint density at radius 2 is 2.19 bits per heavy atom. The maximum atomic E-state index is 12.0. The van der Waals surface area contributed by atoms with Crippen molar-refractivity contribution in [2.24, 2.45) is 0 Å². The number of nitrogens with zero attached hydrogens (tertiary/aromatic N) is 1. The number of amides is 1. The second-order valence-corrected chi connectivity index (χ2v) is 5.65. The van der Waals surface area contributed by atoms with Gasteiger partial charge in [-0.2, -0.15) is 0 Å². The Morgan fingerprint density at radius 3 is 2.86 bits per heavy atom. The standard InChI is InChI=1S/C17H27N3O/c1-2-20(16-10-12-18-13-16)14-17(21)19-11-6-9-15-7-4-3-5-8-15/h3-5,7-8,16,18H,2,6,9-14H2,1H3,(H,19,21). The second kappa shape index (κ2) is 8.80. The maximum absolute atomic E-state index is 12.0. The molecule has 0 bridgehead atoms. The number of aryl methyl sites for hydroxylation is 1. The Kier molecular flexibility index (Phi) is 6.70. The summed E-state index contributed by atoms with van der Waals surface area (Å²) in [5.74, 6) is 0.150. The van der Waals surface area contributed by atoms with E-state index >= 15 is 0 Å². The number of likely N-dealkylation sites (N-methyl/N-ethyl adjacent to an activating group) is 1. The van der Waals surface area contributed by atoms with Crippen LogP contribution in [0.25, 0.3) is 0 Å². The summed E-state index contributed by atoms with van der Waals surface area (Å²) in [6, 6.07) is 10.9. The van der Waals surface area contributed by atoms with E-state index in [9.17, 15) is 4.79 Å². The van der Waals surface area contributed by atoms with Crippen molar-refractivity contribution >= 4 is 5.91 Å². The minimum absolute atomic E-state index is 0.150. The summed E-state index contributed by atoms with van der Waals surface area (Å²) in [5.41, 5.74) is 1.33. The lowest BCUT2D eigenvalue weighted by atomic mass is 10.1. The monoisotopic (exact) mass is 289 g/mol. The van der Waals surface area contributed by atoms with Crippen molar-refractivity contribution in [3.8, 4) is 0 Å². The number of hydrogen-bond acceptors (Lipinski definition) is 3. The van der Waals surface area contributed by atoms with Gasteiger partial charge in [0.15, 0.2) is 0 Å². The fourth-order valence-corrected chi connectivity index (χ4v) is 2.86. The zero-order valence-electron chi connectivity index (χ0n) is 13.0. The molecule has 0 aromatic heterocycles. The van der Waals surface area contributed by atoms with E-state index in [1.165, 1.54) is 5.56 Å². The molecule has 0 radical (unpaired) electrons. The number of nitrogens with one attached hydrogen (secondary N) is 2. The molecule has 1 heterocycles. The SMILES string of the molecule is CCN(CC(=O)NCCCc1ccccc1)C1CCNC1. The first-order chi connectivity index (χ1) is 10.3. The van der Waals surface area contributed by atoms with Crippen LogP contribution in [-0.4, -0.2) is 49.6 Å². The summed E-state index contributed by atoms with van der Waals surface area (Å²) in [5, 5.41) is 6.40. The second-order valence-electron chi connectivity index (χ2n) is 5.65. The molecule has 2 N–H and O–H groups in total. The van der Waals surface area contributed by atoms with Gasteiger partial charge in [-0.15, -0.1) is 0 Å². The predicted octanol–water partition coefficient (Wildman–Crippen LogP) is 1.42. The summed E-state index contributed by atoms with van der Waals surface area (Å²) in [7, 11) is 0. The van der Waals surface area contributed by atoms with Crippen molar-refractivity contribution in [3.63, 3.8) is 0 Å². The molecular formula is C17H27N3O. The molecule has 116 valence electrons. The lowest BCUT2D eigenvalue weighted by Crippen LogP contribution is -2.44. The van der Waals surface area contributed by atoms with Gasteiger partial charge in [-0.05, 0) is 37.9 Å². The van der Waals surface area contributed by atoms with Gasteiger partial charge in [-0.25, -0.2) is 0 Å². The number of benzene rings is 1. The molecule has 2 rings (SSSR count). The number of hydrogen-bond donors (Lipinski definition) is 2. The van der Waals surface area contributed by atoms with Crippen molar-refractivity contribution in [1.29, 1.82) is 0 Å². The van der Waals surface area contributed by atoms with Crippen molar-refractivity contribution < 1.29 is 4.79 Å². The van der Waals surface area contributed by atoms with Gasteiger partial charge in [0.25, 0.3) is 0 Å². The molecule has 1 unspecified atom stereocenters. The molecule has 1 fully saturated rings. The van der Waals surface area contributed by atoms with Crippen LogP contribution in [0.2, 0.25) is 0 Å². The van der Waals surface area contributed by atoms with Crippen LogP contribution < -0.4 is 10.6 Å². The van der Waals surface area contributed by atoms with E-state index in [0.717, 1.165) is 45.4 Å². The van der Waals surface area contributed by atoms with Gasteiger partial charge < -0.3 is 10.6 Å². The summed E-state index contributed by atoms with van der Waals surface area (Å²) in [6.45, 7) is 6.42. The van der Waals surface area contributed by atoms with Gasteiger partial charge in [-0.1, -0.05) is 37.3 Å². The van der Waals surface area contributed by atoms with Crippen molar-refractivity contribution in [1.82, 2.24) is 15.5 Å². The van der Waals surface area contributed by atoms with E-state index in [2.05, 4.69) is 46.7 Å². The molecule has 1 saturated heterocycles. The summed E-state index contributed by atoms with van der Waals surface area (Å²) >= 11 is 0. The number of rotatable bonds is 8. The van der Waals surface area contributed by atoms with Gasteiger partial charge >= 0.3 is 0 Å². The first-order valence-electron chi connectivity index (χ1n) is 8.05. The van der Waals surface area contributed by atoms with Crippen LogP contribution in [0.1, 0.15) is 25.3 Å². The van der Waals surface area contributed by atoms with E-state index in [-0.39, 0.29) is 5.91 Å². The highest BCUT2D eigenvalue weighted by Crippen LogP contribution is 2.07. The van der Waals surface area contributed by atoms with Gasteiger partial charge in [0.2, 0.25) is 5.91 Å². The van der Waals surface area contributed by atoms with E-state index in [4.69, 9.17) is 0 Å². The summed E-state index contributed by atoms with van der Waals surface area (Å²) < 4.78 is 0. The molecule has 4 heteroatoms. The van der Waals surface area contributed by atoms with Gasteiger partial charge in [0.1, 0.15) is 0 Å². The van der Waals surface area contributed by atoms with Gasteiger partial charge in [0.05, 0.1) is 6.54 Å². The Balaban J connectivity index is 1.62. The lowest BCUT2D eigenvalue weighted by molar-refractivity contribution is -0.122. The zero-order chi connectivity index (χ0) is 14.9. The number of carbonyl (C=O) groups excluding carboxylic acids is 1. The van der Waals surface area contributed by atoms with Crippen LogP contribution in [0.3, 0.4) is 0 Å². The van der Waals surface area contributed by atoms with Crippen LogP contribution in [0.4, 0.5) is 0 Å².